The minimum Gasteiger partial charge on any atom is -0.480 e. The number of hydrogen-bond donors (Lipinski definition) is 1. The van der Waals surface area contributed by atoms with Crippen molar-refractivity contribution in [3.8, 4) is 11.1 Å². The highest BCUT2D eigenvalue weighted by atomic mass is 16.6. The largest absolute Gasteiger partial charge is 0.480 e. The maximum absolute atomic E-state index is 13.5. The summed E-state index contributed by atoms with van der Waals surface area (Å²) in [4.78, 5) is 29.3. The molecule has 2 fully saturated rings. The fraction of sp³-hybridized carbons (Fsp3) is 0.333. The van der Waals surface area contributed by atoms with Gasteiger partial charge in [0, 0.05) is 38.4 Å². The van der Waals surface area contributed by atoms with Gasteiger partial charge in [-0.2, -0.15) is 0 Å². The number of carboxylic acids is 1. The zero-order chi connectivity index (χ0) is 25.4. The summed E-state index contributed by atoms with van der Waals surface area (Å²) < 4.78 is 12.0. The molecule has 1 atom stereocenters. The number of aliphatic carboxylic acids is 1. The van der Waals surface area contributed by atoms with Crippen LogP contribution >= 0.6 is 0 Å². The van der Waals surface area contributed by atoms with Crippen molar-refractivity contribution in [2.75, 3.05) is 26.3 Å². The number of carbonyl (C=O) groups is 2. The molecule has 1 unspecified atom stereocenters. The number of ether oxygens (including phenoxy) is 2. The Kier molecular flexibility index (Phi) is 6.18. The zero-order valence-corrected chi connectivity index (χ0v) is 20.6. The summed E-state index contributed by atoms with van der Waals surface area (Å²) in [6, 6.07) is 25.5. The second-order valence-electron chi connectivity index (χ2n) is 10.0. The van der Waals surface area contributed by atoms with E-state index in [-0.39, 0.29) is 19.1 Å². The SMILES string of the molecule is O=C(O)C1COC2(CCN(Cc3ccccc3)CC2)N1C(=O)OCC1c2ccccc2-c2ccccc21. The Morgan fingerprint density at radius 1 is 0.892 bits per heavy atom. The van der Waals surface area contributed by atoms with E-state index in [1.807, 2.05) is 42.5 Å². The van der Waals surface area contributed by atoms with Crippen LogP contribution in [0.1, 0.15) is 35.4 Å². The molecular formula is C30H30N2O5. The number of fused-ring (bicyclic) bond motifs is 3. The molecule has 1 spiro atoms. The van der Waals surface area contributed by atoms with Crippen LogP contribution in [0.2, 0.25) is 0 Å². The molecule has 2 heterocycles. The summed E-state index contributed by atoms with van der Waals surface area (Å²) in [6.45, 7) is 2.33. The molecule has 2 aliphatic heterocycles. The number of benzene rings is 3. The van der Waals surface area contributed by atoms with Crippen molar-refractivity contribution < 1.29 is 24.2 Å². The first-order chi connectivity index (χ1) is 18.1. The fourth-order valence-electron chi connectivity index (χ4n) is 6.09. The second kappa shape index (κ2) is 9.65. The van der Waals surface area contributed by atoms with E-state index in [0.717, 1.165) is 28.8 Å². The fourth-order valence-corrected chi connectivity index (χ4v) is 6.09. The van der Waals surface area contributed by atoms with Crippen LogP contribution in [0.5, 0.6) is 0 Å². The molecule has 1 N–H and O–H groups in total. The average Bonchev–Trinajstić information content (AvgIpc) is 3.46. The van der Waals surface area contributed by atoms with Crippen molar-refractivity contribution in [3.63, 3.8) is 0 Å². The van der Waals surface area contributed by atoms with Gasteiger partial charge in [0.1, 0.15) is 12.3 Å². The van der Waals surface area contributed by atoms with Gasteiger partial charge in [-0.15, -0.1) is 0 Å². The molecule has 7 nitrogen and oxygen atoms in total. The van der Waals surface area contributed by atoms with Crippen molar-refractivity contribution in [2.24, 2.45) is 0 Å². The van der Waals surface area contributed by atoms with Gasteiger partial charge in [-0.25, -0.2) is 9.59 Å². The second-order valence-corrected chi connectivity index (χ2v) is 10.0. The molecule has 3 aromatic carbocycles. The van der Waals surface area contributed by atoms with Crippen LogP contribution in [0, 0.1) is 0 Å². The van der Waals surface area contributed by atoms with Crippen LogP contribution in [0.25, 0.3) is 11.1 Å². The van der Waals surface area contributed by atoms with Gasteiger partial charge in [0.2, 0.25) is 0 Å². The smallest absolute Gasteiger partial charge is 0.412 e. The molecule has 6 rings (SSSR count). The van der Waals surface area contributed by atoms with E-state index in [1.165, 1.54) is 10.5 Å². The van der Waals surface area contributed by atoms with Gasteiger partial charge in [-0.3, -0.25) is 9.80 Å². The molecule has 2 saturated heterocycles. The third-order valence-corrected chi connectivity index (χ3v) is 7.96. The first-order valence-electron chi connectivity index (χ1n) is 12.8. The van der Waals surface area contributed by atoms with Crippen LogP contribution in [0.15, 0.2) is 78.9 Å². The van der Waals surface area contributed by atoms with E-state index in [1.54, 1.807) is 0 Å². The summed E-state index contributed by atoms with van der Waals surface area (Å²) in [5, 5.41) is 9.89. The van der Waals surface area contributed by atoms with Gasteiger partial charge in [0.25, 0.3) is 0 Å². The maximum Gasteiger partial charge on any atom is 0.412 e. The zero-order valence-electron chi connectivity index (χ0n) is 20.6. The third kappa shape index (κ3) is 4.28. The molecule has 7 heteroatoms. The Bertz CT molecular complexity index is 1260. The van der Waals surface area contributed by atoms with Gasteiger partial charge in [-0.1, -0.05) is 78.9 Å². The molecule has 0 aromatic heterocycles. The van der Waals surface area contributed by atoms with Crippen molar-refractivity contribution in [2.45, 2.75) is 37.1 Å². The summed E-state index contributed by atoms with van der Waals surface area (Å²) in [5.41, 5.74) is 4.80. The van der Waals surface area contributed by atoms with Gasteiger partial charge >= 0.3 is 12.1 Å². The van der Waals surface area contributed by atoms with Crippen LogP contribution in [0.3, 0.4) is 0 Å². The predicted molar refractivity (Wildman–Crippen MR) is 138 cm³/mol. The van der Waals surface area contributed by atoms with Crippen LogP contribution in [-0.2, 0) is 20.8 Å². The average molecular weight is 499 g/mol. The Balaban J connectivity index is 1.18. The highest BCUT2D eigenvalue weighted by molar-refractivity contribution is 5.82. The summed E-state index contributed by atoms with van der Waals surface area (Å²) in [6.07, 6.45) is 0.449. The number of amides is 1. The van der Waals surface area contributed by atoms with E-state index >= 15 is 0 Å². The van der Waals surface area contributed by atoms with Crippen molar-refractivity contribution >= 4 is 12.1 Å². The number of nitrogens with zero attached hydrogens (tertiary/aromatic N) is 2. The number of carboxylic acid groups (broad SMARTS) is 1. The number of hydrogen-bond acceptors (Lipinski definition) is 5. The highest BCUT2D eigenvalue weighted by Gasteiger charge is 2.55. The molecule has 37 heavy (non-hydrogen) atoms. The molecule has 0 saturated carbocycles. The van der Waals surface area contributed by atoms with Crippen molar-refractivity contribution in [3.05, 3.63) is 95.6 Å². The monoisotopic (exact) mass is 498 g/mol. The lowest BCUT2D eigenvalue weighted by Crippen LogP contribution is -2.58. The summed E-state index contributed by atoms with van der Waals surface area (Å²) in [5.74, 6) is -1.16. The topological polar surface area (TPSA) is 79.3 Å². The first-order valence-corrected chi connectivity index (χ1v) is 12.8. The number of rotatable bonds is 5. The Hall–Kier alpha value is -3.68. The van der Waals surface area contributed by atoms with E-state index in [4.69, 9.17) is 9.47 Å². The number of piperidine rings is 1. The minimum atomic E-state index is -1.07. The first kappa shape index (κ1) is 23.7. The van der Waals surface area contributed by atoms with Crippen molar-refractivity contribution in [1.29, 1.82) is 0 Å². The lowest BCUT2D eigenvalue weighted by molar-refractivity contribution is -0.145. The molecular weight excluding hydrogens is 468 g/mol. The number of likely N-dealkylation sites (tertiary alicyclic amines) is 1. The molecule has 1 aliphatic carbocycles. The minimum absolute atomic E-state index is 0.0295. The van der Waals surface area contributed by atoms with Gasteiger partial charge in [-0.05, 0) is 27.8 Å². The molecule has 0 bridgehead atoms. The normalized spacial score (nSPS) is 20.5. The Morgan fingerprint density at radius 3 is 2.11 bits per heavy atom. The number of carbonyl (C=O) groups excluding carboxylic acids is 1. The van der Waals surface area contributed by atoms with Crippen molar-refractivity contribution in [1.82, 2.24) is 9.80 Å². The molecule has 1 amide bonds. The molecule has 3 aliphatic rings. The van der Waals surface area contributed by atoms with E-state index < -0.39 is 23.8 Å². The molecule has 190 valence electrons. The van der Waals surface area contributed by atoms with Crippen LogP contribution < -0.4 is 0 Å². The van der Waals surface area contributed by atoms with E-state index in [0.29, 0.717) is 25.9 Å². The Morgan fingerprint density at radius 2 is 1.49 bits per heavy atom. The quantitative estimate of drug-likeness (QED) is 0.549. The standard InChI is InChI=1S/C30H30N2O5/c33-28(34)27-20-37-30(14-16-31(17-15-30)18-21-8-2-1-3-9-21)32(27)29(35)36-19-26-24-12-6-4-10-22(24)23-11-5-7-13-25(23)26/h1-13,26-27H,14-20H2,(H,33,34). The maximum atomic E-state index is 13.5. The third-order valence-electron chi connectivity index (χ3n) is 7.96. The molecule has 0 radical (unpaired) electrons. The summed E-state index contributed by atoms with van der Waals surface area (Å²) >= 11 is 0. The van der Waals surface area contributed by atoms with Crippen LogP contribution in [-0.4, -0.2) is 65.0 Å². The highest BCUT2D eigenvalue weighted by Crippen LogP contribution is 2.45. The van der Waals surface area contributed by atoms with E-state index in [2.05, 4.69) is 41.3 Å². The van der Waals surface area contributed by atoms with Crippen LogP contribution in [0.4, 0.5) is 4.79 Å². The Labute approximate surface area is 216 Å². The van der Waals surface area contributed by atoms with E-state index in [9.17, 15) is 14.7 Å². The van der Waals surface area contributed by atoms with Gasteiger partial charge < -0.3 is 14.6 Å². The molecule has 3 aromatic rings. The van der Waals surface area contributed by atoms with Gasteiger partial charge in [0.05, 0.1) is 6.61 Å². The lowest BCUT2D eigenvalue weighted by atomic mass is 9.97. The lowest BCUT2D eigenvalue weighted by Gasteiger charge is -2.43. The summed E-state index contributed by atoms with van der Waals surface area (Å²) in [7, 11) is 0. The van der Waals surface area contributed by atoms with Gasteiger partial charge in [0.15, 0.2) is 6.04 Å². The predicted octanol–water partition coefficient (Wildman–Crippen LogP) is 4.71.